The largest absolute Gasteiger partial charge is 0.379 e. The first-order chi connectivity index (χ1) is 10.8. The lowest BCUT2D eigenvalue weighted by molar-refractivity contribution is 0.0198. The van der Waals surface area contributed by atoms with E-state index in [4.69, 9.17) is 4.74 Å². The van der Waals surface area contributed by atoms with Crippen LogP contribution in [0.25, 0.3) is 11.3 Å². The summed E-state index contributed by atoms with van der Waals surface area (Å²) in [6.45, 7) is 5.98. The van der Waals surface area contributed by atoms with E-state index < -0.39 is 0 Å². The van der Waals surface area contributed by atoms with Crippen molar-refractivity contribution in [1.29, 1.82) is 0 Å². The van der Waals surface area contributed by atoms with E-state index in [-0.39, 0.29) is 0 Å². The average Bonchev–Trinajstić information content (AvgIpc) is 2.62. The van der Waals surface area contributed by atoms with Crippen molar-refractivity contribution in [2.24, 2.45) is 0 Å². The fourth-order valence-corrected chi connectivity index (χ4v) is 3.20. The predicted molar refractivity (Wildman–Crippen MR) is 92.3 cm³/mol. The minimum absolute atomic E-state index is 0.434. The van der Waals surface area contributed by atoms with Gasteiger partial charge in [0.25, 0.3) is 0 Å². The molecule has 2 heterocycles. The van der Waals surface area contributed by atoms with Gasteiger partial charge >= 0.3 is 0 Å². The Balaban J connectivity index is 1.76. The van der Waals surface area contributed by atoms with Crippen molar-refractivity contribution in [3.8, 4) is 11.3 Å². The number of hydrogen-bond acceptors (Lipinski definition) is 4. The molecule has 1 aliphatic rings. The van der Waals surface area contributed by atoms with Crippen molar-refractivity contribution >= 4 is 11.8 Å². The summed E-state index contributed by atoms with van der Waals surface area (Å²) < 4.78 is 5.43. The van der Waals surface area contributed by atoms with Gasteiger partial charge in [0.2, 0.25) is 0 Å². The van der Waals surface area contributed by atoms with Crippen LogP contribution in [0.3, 0.4) is 0 Å². The number of pyridine rings is 1. The molecule has 3 rings (SSSR count). The van der Waals surface area contributed by atoms with Crippen molar-refractivity contribution in [2.75, 3.05) is 32.6 Å². The number of rotatable bonds is 4. The molecule has 0 bridgehead atoms. The molecule has 0 N–H and O–H groups in total. The van der Waals surface area contributed by atoms with E-state index in [9.17, 15) is 0 Å². The third-order valence-corrected chi connectivity index (χ3v) is 4.86. The molecule has 1 saturated heterocycles. The Hall–Kier alpha value is -1.36. The maximum Gasteiger partial charge on any atom is 0.0964 e. The Labute approximate surface area is 136 Å². The van der Waals surface area contributed by atoms with Crippen LogP contribution in [0.1, 0.15) is 18.5 Å². The maximum atomic E-state index is 5.43. The molecule has 1 aromatic carbocycles. The summed E-state index contributed by atoms with van der Waals surface area (Å²) in [6, 6.07) is 15.4. The normalized spacial score (nSPS) is 17.4. The predicted octanol–water partition coefficient (Wildman–Crippen LogP) is 3.86. The van der Waals surface area contributed by atoms with Crippen LogP contribution in [0.4, 0.5) is 0 Å². The summed E-state index contributed by atoms with van der Waals surface area (Å²) in [5, 5.41) is 1.06. The highest BCUT2D eigenvalue weighted by Gasteiger charge is 2.18. The molecule has 1 unspecified atom stereocenters. The molecular weight excluding hydrogens is 292 g/mol. The second-order valence-electron chi connectivity index (χ2n) is 5.51. The summed E-state index contributed by atoms with van der Waals surface area (Å²) in [6.07, 6.45) is 2.05. The number of benzene rings is 1. The van der Waals surface area contributed by atoms with Gasteiger partial charge in [-0.05, 0) is 30.9 Å². The topological polar surface area (TPSA) is 25.4 Å². The Morgan fingerprint density at radius 2 is 1.82 bits per heavy atom. The third kappa shape index (κ3) is 3.51. The van der Waals surface area contributed by atoms with Gasteiger partial charge in [-0.15, -0.1) is 11.8 Å². The van der Waals surface area contributed by atoms with Crippen molar-refractivity contribution in [3.05, 3.63) is 48.0 Å². The molecule has 116 valence electrons. The van der Waals surface area contributed by atoms with Crippen molar-refractivity contribution in [1.82, 2.24) is 9.88 Å². The number of ether oxygens (including phenoxy) is 1. The summed E-state index contributed by atoms with van der Waals surface area (Å²) in [5.74, 6) is 0. The Morgan fingerprint density at radius 3 is 2.50 bits per heavy atom. The smallest absolute Gasteiger partial charge is 0.0964 e. The second kappa shape index (κ2) is 7.27. The lowest BCUT2D eigenvalue weighted by Crippen LogP contribution is -2.37. The average molecular weight is 314 g/mol. The number of aromatic nitrogens is 1. The Morgan fingerprint density at radius 1 is 1.09 bits per heavy atom. The van der Waals surface area contributed by atoms with Gasteiger partial charge in [-0.3, -0.25) is 4.90 Å². The standard InChI is InChI=1S/C18H22N2OS/c1-14(20-10-12-21-13-11-20)15-6-8-16(9-7-15)17-4-3-5-18(19-17)22-2/h3-9,14H,10-13H2,1-2H3. The van der Waals surface area contributed by atoms with E-state index in [2.05, 4.69) is 59.5 Å². The van der Waals surface area contributed by atoms with Crippen LogP contribution in [0, 0.1) is 0 Å². The summed E-state index contributed by atoms with van der Waals surface area (Å²) in [4.78, 5) is 7.14. The Bertz CT molecular complexity index is 609. The van der Waals surface area contributed by atoms with Crippen LogP contribution in [-0.2, 0) is 4.74 Å². The summed E-state index contributed by atoms with van der Waals surface area (Å²) in [5.41, 5.74) is 3.57. The van der Waals surface area contributed by atoms with Crippen LogP contribution < -0.4 is 0 Å². The number of nitrogens with zero attached hydrogens (tertiary/aromatic N) is 2. The van der Waals surface area contributed by atoms with Crippen LogP contribution in [0.2, 0.25) is 0 Å². The quantitative estimate of drug-likeness (QED) is 0.800. The zero-order valence-corrected chi connectivity index (χ0v) is 14.0. The molecule has 2 aromatic rings. The van der Waals surface area contributed by atoms with Gasteiger partial charge in [0, 0.05) is 24.7 Å². The monoisotopic (exact) mass is 314 g/mol. The highest BCUT2D eigenvalue weighted by Crippen LogP contribution is 2.25. The molecule has 0 amide bonds. The van der Waals surface area contributed by atoms with E-state index in [1.165, 1.54) is 11.1 Å². The molecule has 22 heavy (non-hydrogen) atoms. The van der Waals surface area contributed by atoms with Crippen LogP contribution in [0.5, 0.6) is 0 Å². The number of thioether (sulfide) groups is 1. The molecule has 1 aliphatic heterocycles. The summed E-state index contributed by atoms with van der Waals surface area (Å²) in [7, 11) is 0. The molecular formula is C18H22N2OS. The molecule has 1 aromatic heterocycles. The zero-order chi connectivity index (χ0) is 15.4. The van der Waals surface area contributed by atoms with Crippen molar-refractivity contribution in [3.63, 3.8) is 0 Å². The van der Waals surface area contributed by atoms with Gasteiger partial charge in [0.1, 0.15) is 0 Å². The van der Waals surface area contributed by atoms with Crippen LogP contribution in [0.15, 0.2) is 47.5 Å². The first kappa shape index (κ1) is 15.5. The van der Waals surface area contributed by atoms with Gasteiger partial charge in [-0.1, -0.05) is 30.3 Å². The SMILES string of the molecule is CSc1cccc(-c2ccc(C(C)N3CCOCC3)cc2)n1. The van der Waals surface area contributed by atoms with E-state index in [0.717, 1.165) is 37.0 Å². The highest BCUT2D eigenvalue weighted by atomic mass is 32.2. The molecule has 4 heteroatoms. The van der Waals surface area contributed by atoms with E-state index >= 15 is 0 Å². The molecule has 0 radical (unpaired) electrons. The van der Waals surface area contributed by atoms with E-state index in [1.54, 1.807) is 11.8 Å². The zero-order valence-electron chi connectivity index (χ0n) is 13.2. The fourth-order valence-electron chi connectivity index (χ4n) is 2.80. The van der Waals surface area contributed by atoms with Gasteiger partial charge in [0.15, 0.2) is 0 Å². The van der Waals surface area contributed by atoms with Gasteiger partial charge in [-0.25, -0.2) is 4.98 Å². The maximum absolute atomic E-state index is 5.43. The number of morpholine rings is 1. The minimum atomic E-state index is 0.434. The minimum Gasteiger partial charge on any atom is -0.379 e. The second-order valence-corrected chi connectivity index (χ2v) is 6.34. The summed E-state index contributed by atoms with van der Waals surface area (Å²) >= 11 is 1.67. The molecule has 0 aliphatic carbocycles. The molecule has 1 fully saturated rings. The third-order valence-electron chi connectivity index (χ3n) is 4.21. The van der Waals surface area contributed by atoms with Gasteiger partial charge in [0.05, 0.1) is 23.9 Å². The molecule has 3 nitrogen and oxygen atoms in total. The lowest BCUT2D eigenvalue weighted by Gasteiger charge is -2.32. The molecule has 0 spiro atoms. The highest BCUT2D eigenvalue weighted by molar-refractivity contribution is 7.98. The first-order valence-electron chi connectivity index (χ1n) is 7.71. The molecule has 0 saturated carbocycles. The molecule has 1 atom stereocenters. The van der Waals surface area contributed by atoms with Crippen molar-refractivity contribution < 1.29 is 4.74 Å². The van der Waals surface area contributed by atoms with E-state index in [0.29, 0.717) is 6.04 Å². The van der Waals surface area contributed by atoms with Crippen molar-refractivity contribution in [2.45, 2.75) is 18.0 Å². The van der Waals surface area contributed by atoms with E-state index in [1.807, 2.05) is 6.07 Å². The lowest BCUT2D eigenvalue weighted by atomic mass is 10.0. The Kier molecular flexibility index (Phi) is 5.13. The van der Waals surface area contributed by atoms with Gasteiger partial charge in [-0.2, -0.15) is 0 Å². The van der Waals surface area contributed by atoms with Gasteiger partial charge < -0.3 is 4.74 Å². The fraction of sp³-hybridized carbons (Fsp3) is 0.389. The van der Waals surface area contributed by atoms with Crippen LogP contribution in [-0.4, -0.2) is 42.4 Å². The number of hydrogen-bond donors (Lipinski definition) is 0. The first-order valence-corrected chi connectivity index (χ1v) is 8.93. The van der Waals surface area contributed by atoms with Crippen LogP contribution >= 0.6 is 11.8 Å².